The van der Waals surface area contributed by atoms with Crippen LogP contribution in [0.3, 0.4) is 0 Å². The van der Waals surface area contributed by atoms with Crippen LogP contribution in [0.4, 0.5) is 0 Å². The quantitative estimate of drug-likeness (QED) is 0.466. The highest BCUT2D eigenvalue weighted by atomic mass is 16.5. The summed E-state index contributed by atoms with van der Waals surface area (Å²) in [5, 5.41) is 11.9. The number of aromatic amines is 1. The van der Waals surface area contributed by atoms with Crippen LogP contribution in [0.5, 0.6) is 0 Å². The predicted octanol–water partition coefficient (Wildman–Crippen LogP) is 2.40. The third-order valence-electron chi connectivity index (χ3n) is 3.18. The molecule has 0 saturated heterocycles. The monoisotopic (exact) mass is 312 g/mol. The van der Waals surface area contributed by atoms with Gasteiger partial charge in [0.25, 0.3) is 5.91 Å². The van der Waals surface area contributed by atoms with Crippen LogP contribution in [-0.2, 0) is 9.53 Å². The number of ether oxygens (including phenoxy) is 1. The third-order valence-corrected chi connectivity index (χ3v) is 3.18. The number of nitriles is 1. The fourth-order valence-electron chi connectivity index (χ4n) is 2.05. The molecule has 6 nitrogen and oxygen atoms in total. The number of aromatic nitrogens is 2. The predicted molar refractivity (Wildman–Crippen MR) is 88.4 cm³/mol. The van der Waals surface area contributed by atoms with Crippen LogP contribution in [0.25, 0.3) is 17.1 Å². The molecule has 23 heavy (non-hydrogen) atoms. The molecule has 0 radical (unpaired) electrons. The van der Waals surface area contributed by atoms with Crippen molar-refractivity contribution in [1.82, 2.24) is 15.3 Å². The summed E-state index contributed by atoms with van der Waals surface area (Å²) in [6.07, 6.45) is 4.07. The number of carbonyl (C=O) groups is 1. The van der Waals surface area contributed by atoms with Crippen molar-refractivity contribution in [3.8, 4) is 6.07 Å². The van der Waals surface area contributed by atoms with E-state index in [1.54, 1.807) is 12.4 Å². The van der Waals surface area contributed by atoms with Gasteiger partial charge in [0.2, 0.25) is 0 Å². The van der Waals surface area contributed by atoms with E-state index in [1.165, 1.54) is 0 Å². The summed E-state index contributed by atoms with van der Waals surface area (Å²) >= 11 is 0. The van der Waals surface area contributed by atoms with Crippen molar-refractivity contribution in [2.45, 2.75) is 26.4 Å². The normalized spacial score (nSPS) is 11.7. The number of rotatable bonds is 7. The maximum Gasteiger partial charge on any atom is 0.261 e. The van der Waals surface area contributed by atoms with E-state index >= 15 is 0 Å². The Morgan fingerprint density at radius 2 is 2.35 bits per heavy atom. The Morgan fingerprint density at radius 3 is 3.09 bits per heavy atom. The fraction of sp³-hybridized carbons (Fsp3) is 0.353. The minimum Gasteiger partial charge on any atom is -0.379 e. The smallest absolute Gasteiger partial charge is 0.261 e. The number of fused-ring (bicyclic) bond motifs is 1. The van der Waals surface area contributed by atoms with Gasteiger partial charge in [-0.05, 0) is 44.0 Å². The van der Waals surface area contributed by atoms with Crippen LogP contribution < -0.4 is 5.32 Å². The van der Waals surface area contributed by atoms with Gasteiger partial charge in [-0.3, -0.25) is 4.79 Å². The molecule has 0 bridgehead atoms. The average molecular weight is 312 g/mol. The Labute approximate surface area is 135 Å². The average Bonchev–Trinajstić information content (AvgIpc) is 2.99. The molecule has 0 aliphatic heterocycles. The van der Waals surface area contributed by atoms with Crippen molar-refractivity contribution in [2.24, 2.45) is 0 Å². The molecule has 2 N–H and O–H groups in total. The molecule has 0 unspecified atom stereocenters. The van der Waals surface area contributed by atoms with Crippen molar-refractivity contribution in [3.63, 3.8) is 0 Å². The first kappa shape index (κ1) is 16.7. The summed E-state index contributed by atoms with van der Waals surface area (Å²) < 4.78 is 5.40. The Bertz CT molecular complexity index is 740. The van der Waals surface area contributed by atoms with Crippen molar-refractivity contribution in [3.05, 3.63) is 35.7 Å². The molecule has 2 rings (SSSR count). The second-order valence-corrected chi connectivity index (χ2v) is 5.38. The van der Waals surface area contributed by atoms with Crippen molar-refractivity contribution < 1.29 is 9.53 Å². The first-order chi connectivity index (χ1) is 11.1. The second kappa shape index (κ2) is 8.11. The van der Waals surface area contributed by atoms with Gasteiger partial charge in [-0.25, -0.2) is 4.98 Å². The van der Waals surface area contributed by atoms with Crippen LogP contribution in [0.1, 0.15) is 25.8 Å². The van der Waals surface area contributed by atoms with E-state index in [0.717, 1.165) is 16.6 Å². The Morgan fingerprint density at radius 1 is 1.52 bits per heavy atom. The van der Waals surface area contributed by atoms with Gasteiger partial charge < -0.3 is 15.0 Å². The first-order valence-corrected chi connectivity index (χ1v) is 7.55. The van der Waals surface area contributed by atoms with Crippen molar-refractivity contribution in [2.75, 3.05) is 13.2 Å². The maximum atomic E-state index is 12.0. The Hall–Kier alpha value is -2.65. The molecular weight excluding hydrogens is 292 g/mol. The molecule has 1 amide bonds. The van der Waals surface area contributed by atoms with Gasteiger partial charge in [0, 0.05) is 13.2 Å². The maximum absolute atomic E-state index is 12.0. The van der Waals surface area contributed by atoms with Gasteiger partial charge in [-0.2, -0.15) is 5.26 Å². The highest BCUT2D eigenvalue weighted by Crippen LogP contribution is 2.14. The molecule has 0 aliphatic rings. The molecular formula is C17H20N4O2. The minimum atomic E-state index is -0.373. The SMILES string of the molecule is CC(C)OCCCNC(=O)C(C#N)=Cc1ccc2nc[nH]c2c1. The van der Waals surface area contributed by atoms with E-state index in [4.69, 9.17) is 4.74 Å². The number of nitrogens with zero attached hydrogens (tertiary/aromatic N) is 2. The molecule has 0 fully saturated rings. The van der Waals surface area contributed by atoms with E-state index in [0.29, 0.717) is 19.6 Å². The summed E-state index contributed by atoms with van der Waals surface area (Å²) in [7, 11) is 0. The number of hydrogen-bond donors (Lipinski definition) is 2. The molecule has 2 aromatic rings. The van der Waals surface area contributed by atoms with Gasteiger partial charge >= 0.3 is 0 Å². The van der Waals surface area contributed by atoms with Crippen LogP contribution in [0.15, 0.2) is 30.1 Å². The van der Waals surface area contributed by atoms with Crippen LogP contribution in [0.2, 0.25) is 0 Å². The van der Waals surface area contributed by atoms with Gasteiger partial charge in [0.15, 0.2) is 0 Å². The molecule has 1 heterocycles. The third kappa shape index (κ3) is 4.94. The topological polar surface area (TPSA) is 90.8 Å². The molecule has 0 aliphatic carbocycles. The van der Waals surface area contributed by atoms with E-state index in [2.05, 4.69) is 15.3 Å². The highest BCUT2D eigenvalue weighted by molar-refractivity contribution is 6.01. The largest absolute Gasteiger partial charge is 0.379 e. The molecule has 6 heteroatoms. The molecule has 120 valence electrons. The summed E-state index contributed by atoms with van der Waals surface area (Å²) in [4.78, 5) is 19.2. The van der Waals surface area contributed by atoms with Gasteiger partial charge in [0.05, 0.1) is 23.5 Å². The summed E-state index contributed by atoms with van der Waals surface area (Å²) in [6.45, 7) is 4.99. The zero-order chi connectivity index (χ0) is 16.7. The van der Waals surface area contributed by atoms with Gasteiger partial charge in [-0.1, -0.05) is 6.07 Å². The number of benzene rings is 1. The standard InChI is InChI=1S/C17H20N4O2/c1-12(2)23-7-3-6-19-17(22)14(10-18)8-13-4-5-15-16(9-13)21-11-20-15/h4-5,8-9,11-12H,3,6-7H2,1-2H3,(H,19,22)(H,20,21). The summed E-state index contributed by atoms with van der Waals surface area (Å²) in [5.41, 5.74) is 2.56. The molecule has 0 saturated carbocycles. The number of imidazole rings is 1. The highest BCUT2D eigenvalue weighted by Gasteiger charge is 2.08. The van der Waals surface area contributed by atoms with Crippen LogP contribution >= 0.6 is 0 Å². The van der Waals surface area contributed by atoms with Crippen molar-refractivity contribution >= 4 is 23.0 Å². The molecule has 1 aromatic heterocycles. The number of nitrogens with one attached hydrogen (secondary N) is 2. The lowest BCUT2D eigenvalue weighted by molar-refractivity contribution is -0.117. The number of carbonyl (C=O) groups excluding carboxylic acids is 1. The molecule has 1 aromatic carbocycles. The number of hydrogen-bond acceptors (Lipinski definition) is 4. The Kier molecular flexibility index (Phi) is 5.89. The fourth-order valence-corrected chi connectivity index (χ4v) is 2.05. The molecule has 0 atom stereocenters. The molecule has 0 spiro atoms. The summed E-state index contributed by atoms with van der Waals surface area (Å²) in [6, 6.07) is 7.46. The van der Waals surface area contributed by atoms with Crippen LogP contribution in [0, 0.1) is 11.3 Å². The van der Waals surface area contributed by atoms with E-state index in [-0.39, 0.29) is 17.6 Å². The van der Waals surface area contributed by atoms with Gasteiger partial charge in [-0.15, -0.1) is 0 Å². The first-order valence-electron chi connectivity index (χ1n) is 7.55. The number of H-pyrrole nitrogens is 1. The van der Waals surface area contributed by atoms with E-state index in [1.807, 2.05) is 38.1 Å². The van der Waals surface area contributed by atoms with Crippen molar-refractivity contribution in [1.29, 1.82) is 5.26 Å². The lowest BCUT2D eigenvalue weighted by atomic mass is 10.1. The lowest BCUT2D eigenvalue weighted by Gasteiger charge is -2.08. The Balaban J connectivity index is 1.95. The van der Waals surface area contributed by atoms with Gasteiger partial charge in [0.1, 0.15) is 11.6 Å². The lowest BCUT2D eigenvalue weighted by Crippen LogP contribution is -2.26. The zero-order valence-corrected chi connectivity index (χ0v) is 13.3. The van der Waals surface area contributed by atoms with E-state index in [9.17, 15) is 10.1 Å². The zero-order valence-electron chi connectivity index (χ0n) is 13.3. The van der Waals surface area contributed by atoms with E-state index < -0.39 is 0 Å². The van der Waals surface area contributed by atoms with Crippen LogP contribution in [-0.4, -0.2) is 35.1 Å². The number of amides is 1. The summed E-state index contributed by atoms with van der Waals surface area (Å²) in [5.74, 6) is -0.373. The second-order valence-electron chi connectivity index (χ2n) is 5.38. The minimum absolute atomic E-state index is 0.0774.